The zero-order valence-electron chi connectivity index (χ0n) is 12.7. The van der Waals surface area contributed by atoms with Gasteiger partial charge in [0, 0.05) is 12.1 Å². The molecule has 1 aliphatic carbocycles. The van der Waals surface area contributed by atoms with E-state index in [1.165, 1.54) is 21.3 Å². The van der Waals surface area contributed by atoms with Crippen LogP contribution in [-0.2, 0) is 6.42 Å². The van der Waals surface area contributed by atoms with Gasteiger partial charge in [0.2, 0.25) is 11.2 Å². The number of hydrogen-bond acceptors (Lipinski definition) is 5. The van der Waals surface area contributed by atoms with Gasteiger partial charge in [-0.05, 0) is 18.9 Å². The third kappa shape index (κ3) is 1.94. The van der Waals surface area contributed by atoms with Crippen LogP contribution in [0.1, 0.15) is 28.9 Å². The number of pyridine rings is 1. The van der Waals surface area contributed by atoms with E-state index in [1.807, 2.05) is 0 Å². The molecule has 0 atom stereocenters. The van der Waals surface area contributed by atoms with Gasteiger partial charge in [-0.15, -0.1) is 0 Å². The predicted octanol–water partition coefficient (Wildman–Crippen LogP) is 2.07. The predicted molar refractivity (Wildman–Crippen MR) is 81.5 cm³/mol. The van der Waals surface area contributed by atoms with Crippen LogP contribution in [0.25, 0.3) is 10.9 Å². The Morgan fingerprint density at radius 1 is 1.00 bits per heavy atom. The Morgan fingerprint density at radius 3 is 2.36 bits per heavy atom. The summed E-state index contributed by atoms with van der Waals surface area (Å²) in [6.45, 7) is 0. The van der Waals surface area contributed by atoms with E-state index < -0.39 is 0 Å². The molecule has 0 radical (unpaired) electrons. The first-order valence-corrected chi connectivity index (χ1v) is 7.03. The van der Waals surface area contributed by atoms with Crippen molar-refractivity contribution in [3.63, 3.8) is 0 Å². The van der Waals surface area contributed by atoms with E-state index in [4.69, 9.17) is 14.2 Å². The average molecular weight is 303 g/mol. The highest BCUT2D eigenvalue weighted by Crippen LogP contribution is 2.42. The van der Waals surface area contributed by atoms with Gasteiger partial charge in [-0.25, -0.2) is 0 Å². The lowest BCUT2D eigenvalue weighted by Gasteiger charge is -2.18. The SMILES string of the molecule is COc1cc2c(=O)c3c([nH]c2c(OC)c1OC)CCCC3=O. The summed E-state index contributed by atoms with van der Waals surface area (Å²) in [6, 6.07) is 1.58. The van der Waals surface area contributed by atoms with Crippen molar-refractivity contribution in [3.05, 3.63) is 27.5 Å². The fourth-order valence-corrected chi connectivity index (χ4v) is 2.98. The number of fused-ring (bicyclic) bond motifs is 2. The minimum Gasteiger partial charge on any atom is -0.493 e. The topological polar surface area (TPSA) is 77.6 Å². The van der Waals surface area contributed by atoms with Gasteiger partial charge in [-0.1, -0.05) is 0 Å². The minimum absolute atomic E-state index is 0.113. The number of aromatic nitrogens is 1. The molecule has 6 heteroatoms. The van der Waals surface area contributed by atoms with Crippen molar-refractivity contribution in [2.24, 2.45) is 0 Å². The second-order valence-electron chi connectivity index (χ2n) is 5.15. The van der Waals surface area contributed by atoms with Crippen molar-refractivity contribution in [1.82, 2.24) is 4.98 Å². The molecule has 0 aliphatic heterocycles. The molecule has 0 saturated carbocycles. The van der Waals surface area contributed by atoms with E-state index >= 15 is 0 Å². The number of carbonyl (C=O) groups excluding carboxylic acids is 1. The molecule has 0 fully saturated rings. The van der Waals surface area contributed by atoms with Crippen molar-refractivity contribution in [2.45, 2.75) is 19.3 Å². The second-order valence-corrected chi connectivity index (χ2v) is 5.15. The lowest BCUT2D eigenvalue weighted by Crippen LogP contribution is -2.24. The van der Waals surface area contributed by atoms with E-state index in [-0.39, 0.29) is 16.8 Å². The van der Waals surface area contributed by atoms with Gasteiger partial charge in [-0.2, -0.15) is 0 Å². The Hall–Kier alpha value is -2.50. The number of carbonyl (C=O) groups is 1. The number of ether oxygens (including phenoxy) is 3. The Morgan fingerprint density at radius 2 is 1.73 bits per heavy atom. The van der Waals surface area contributed by atoms with Crippen LogP contribution in [0.3, 0.4) is 0 Å². The number of ketones is 1. The molecule has 1 heterocycles. The molecule has 6 nitrogen and oxygen atoms in total. The summed E-state index contributed by atoms with van der Waals surface area (Å²) in [7, 11) is 4.49. The number of nitrogens with one attached hydrogen (secondary N) is 1. The molecule has 0 amide bonds. The summed E-state index contributed by atoms with van der Waals surface area (Å²) in [5.41, 5.74) is 1.17. The fraction of sp³-hybridized carbons (Fsp3) is 0.375. The van der Waals surface area contributed by atoms with Gasteiger partial charge in [0.05, 0.1) is 37.8 Å². The molecule has 1 aromatic heterocycles. The smallest absolute Gasteiger partial charge is 0.205 e. The molecule has 0 unspecified atom stereocenters. The maximum atomic E-state index is 12.7. The normalized spacial score (nSPS) is 13.9. The molecular weight excluding hydrogens is 286 g/mol. The molecule has 1 aromatic carbocycles. The van der Waals surface area contributed by atoms with E-state index in [0.29, 0.717) is 46.7 Å². The molecular formula is C16H17NO5. The van der Waals surface area contributed by atoms with Crippen LogP contribution in [0.5, 0.6) is 17.2 Å². The number of aromatic amines is 1. The van der Waals surface area contributed by atoms with Gasteiger partial charge in [-0.3, -0.25) is 9.59 Å². The average Bonchev–Trinajstić information content (AvgIpc) is 2.53. The quantitative estimate of drug-likeness (QED) is 0.939. The Bertz CT molecular complexity index is 822. The number of aryl methyl sites for hydroxylation is 1. The van der Waals surface area contributed by atoms with Gasteiger partial charge in [0.1, 0.15) is 0 Å². The summed E-state index contributed by atoms with van der Waals surface area (Å²) in [5, 5.41) is 0.364. The molecule has 116 valence electrons. The maximum Gasteiger partial charge on any atom is 0.205 e. The van der Waals surface area contributed by atoms with Crippen LogP contribution in [0.2, 0.25) is 0 Å². The van der Waals surface area contributed by atoms with Gasteiger partial charge >= 0.3 is 0 Å². The van der Waals surface area contributed by atoms with Crippen LogP contribution in [-0.4, -0.2) is 32.1 Å². The first-order valence-electron chi connectivity index (χ1n) is 7.03. The lowest BCUT2D eigenvalue weighted by molar-refractivity contribution is 0.0970. The third-order valence-corrected chi connectivity index (χ3v) is 3.99. The largest absolute Gasteiger partial charge is 0.493 e. The van der Waals surface area contributed by atoms with Crippen molar-refractivity contribution in [3.8, 4) is 17.2 Å². The first kappa shape index (κ1) is 14.4. The number of rotatable bonds is 3. The molecule has 0 saturated heterocycles. The van der Waals surface area contributed by atoms with Gasteiger partial charge < -0.3 is 19.2 Å². The monoisotopic (exact) mass is 303 g/mol. The molecule has 1 N–H and O–H groups in total. The summed E-state index contributed by atoms with van der Waals surface area (Å²) < 4.78 is 16.0. The molecule has 2 aromatic rings. The first-order chi connectivity index (χ1) is 10.6. The standard InChI is InChI=1S/C16H17NO5/c1-20-11-7-8-13(16(22-3)15(11)21-2)17-9-5-4-6-10(18)12(9)14(8)19/h7H,4-6H2,1-3H3,(H,17,19). The van der Waals surface area contributed by atoms with E-state index in [9.17, 15) is 9.59 Å². The van der Waals surface area contributed by atoms with Crippen molar-refractivity contribution in [2.75, 3.05) is 21.3 Å². The lowest BCUT2D eigenvalue weighted by atomic mass is 9.93. The number of benzene rings is 1. The molecule has 3 rings (SSSR count). The Balaban J connectivity index is 2.46. The van der Waals surface area contributed by atoms with Gasteiger partial charge in [0.15, 0.2) is 17.3 Å². The summed E-state index contributed by atoms with van der Waals surface area (Å²) in [4.78, 5) is 28.0. The number of methoxy groups -OCH3 is 3. The van der Waals surface area contributed by atoms with Crippen LogP contribution < -0.4 is 19.6 Å². The zero-order valence-corrected chi connectivity index (χ0v) is 12.7. The Kier molecular flexibility index (Phi) is 3.52. The summed E-state index contributed by atoms with van der Waals surface area (Å²) >= 11 is 0. The number of hydrogen-bond donors (Lipinski definition) is 1. The van der Waals surface area contributed by atoms with Crippen LogP contribution in [0.4, 0.5) is 0 Å². The molecule has 1 aliphatic rings. The van der Waals surface area contributed by atoms with Crippen molar-refractivity contribution in [1.29, 1.82) is 0 Å². The van der Waals surface area contributed by atoms with Crippen molar-refractivity contribution >= 4 is 16.7 Å². The van der Waals surface area contributed by atoms with Crippen LogP contribution in [0, 0.1) is 0 Å². The van der Waals surface area contributed by atoms with Crippen LogP contribution >= 0.6 is 0 Å². The highest BCUT2D eigenvalue weighted by atomic mass is 16.5. The van der Waals surface area contributed by atoms with E-state index in [0.717, 1.165) is 6.42 Å². The summed E-state index contributed by atoms with van der Waals surface area (Å²) in [6.07, 6.45) is 1.82. The zero-order chi connectivity index (χ0) is 15.9. The minimum atomic E-state index is -0.285. The number of H-pyrrole nitrogens is 1. The summed E-state index contributed by atoms with van der Waals surface area (Å²) in [5.74, 6) is 1.09. The highest BCUT2D eigenvalue weighted by molar-refractivity contribution is 6.02. The van der Waals surface area contributed by atoms with Gasteiger partial charge in [0.25, 0.3) is 0 Å². The second kappa shape index (κ2) is 5.36. The maximum absolute atomic E-state index is 12.7. The Labute approximate surface area is 127 Å². The molecule has 0 spiro atoms. The van der Waals surface area contributed by atoms with Crippen LogP contribution in [0.15, 0.2) is 10.9 Å². The molecule has 22 heavy (non-hydrogen) atoms. The van der Waals surface area contributed by atoms with E-state index in [1.54, 1.807) is 6.07 Å². The fourth-order valence-electron chi connectivity index (χ4n) is 2.98. The highest BCUT2D eigenvalue weighted by Gasteiger charge is 2.26. The third-order valence-electron chi connectivity index (χ3n) is 3.99. The number of Topliss-reactive ketones (excluding diaryl/α,β-unsaturated/α-hetero) is 1. The van der Waals surface area contributed by atoms with E-state index in [2.05, 4.69) is 4.98 Å². The molecule has 0 bridgehead atoms. The van der Waals surface area contributed by atoms with Crippen molar-refractivity contribution < 1.29 is 19.0 Å².